The third-order valence-corrected chi connectivity index (χ3v) is 6.61. The standard InChI is InChI=1S/C21H24N4O3S2/c1-3-13-22-30(27,28)15-16-9-11-17(12-10-16)23-20(26)14-29-21-24-18-7-5-6-8-19(18)25(21)4-2/h3,5-12,22H,1,4,13-15H2,2H3,(H,23,26). The number of aromatic nitrogens is 2. The summed E-state index contributed by atoms with van der Waals surface area (Å²) in [5, 5.41) is 3.64. The van der Waals surface area contributed by atoms with Crippen LogP contribution >= 0.6 is 11.8 Å². The lowest BCUT2D eigenvalue weighted by molar-refractivity contribution is -0.113. The zero-order chi connectivity index (χ0) is 21.6. The van der Waals surface area contributed by atoms with Gasteiger partial charge in [-0.15, -0.1) is 6.58 Å². The zero-order valence-electron chi connectivity index (χ0n) is 16.7. The number of hydrogen-bond acceptors (Lipinski definition) is 5. The summed E-state index contributed by atoms with van der Waals surface area (Å²) < 4.78 is 28.4. The predicted octanol–water partition coefficient (Wildman–Crippen LogP) is 3.39. The van der Waals surface area contributed by atoms with Gasteiger partial charge in [-0.2, -0.15) is 0 Å². The molecule has 0 aliphatic carbocycles. The average molecular weight is 445 g/mol. The summed E-state index contributed by atoms with van der Waals surface area (Å²) in [4.78, 5) is 17.0. The Balaban J connectivity index is 1.57. The number of amides is 1. The van der Waals surface area contributed by atoms with Gasteiger partial charge in [-0.05, 0) is 36.8 Å². The van der Waals surface area contributed by atoms with Gasteiger partial charge in [-0.1, -0.05) is 42.1 Å². The minimum atomic E-state index is -3.41. The van der Waals surface area contributed by atoms with E-state index in [1.54, 1.807) is 24.3 Å². The van der Waals surface area contributed by atoms with E-state index in [1.165, 1.54) is 17.8 Å². The van der Waals surface area contributed by atoms with Gasteiger partial charge in [0.15, 0.2) is 5.16 Å². The van der Waals surface area contributed by atoms with Crippen molar-refractivity contribution in [1.29, 1.82) is 0 Å². The molecule has 0 saturated heterocycles. The van der Waals surface area contributed by atoms with Crippen molar-refractivity contribution in [2.24, 2.45) is 0 Å². The lowest BCUT2D eigenvalue weighted by Crippen LogP contribution is -2.25. The molecule has 3 rings (SSSR count). The number of hydrogen-bond donors (Lipinski definition) is 2. The first-order chi connectivity index (χ1) is 14.4. The lowest BCUT2D eigenvalue weighted by atomic mass is 10.2. The summed E-state index contributed by atoms with van der Waals surface area (Å²) in [6, 6.07) is 14.7. The Kier molecular flexibility index (Phi) is 7.30. The van der Waals surface area contributed by atoms with Crippen LogP contribution in [0.3, 0.4) is 0 Å². The highest BCUT2D eigenvalue weighted by Gasteiger charge is 2.13. The number of carbonyl (C=O) groups excluding carboxylic acids is 1. The molecule has 2 aromatic carbocycles. The smallest absolute Gasteiger partial charge is 0.234 e. The van der Waals surface area contributed by atoms with Gasteiger partial charge in [0.2, 0.25) is 15.9 Å². The topological polar surface area (TPSA) is 93.1 Å². The summed E-state index contributed by atoms with van der Waals surface area (Å²) in [7, 11) is -3.41. The molecule has 0 aliphatic heterocycles. The third kappa shape index (κ3) is 5.71. The van der Waals surface area contributed by atoms with Gasteiger partial charge in [0.1, 0.15) is 0 Å². The van der Waals surface area contributed by atoms with Gasteiger partial charge in [-0.3, -0.25) is 4.79 Å². The number of anilines is 1. The van der Waals surface area contributed by atoms with Crippen molar-refractivity contribution < 1.29 is 13.2 Å². The van der Waals surface area contributed by atoms with E-state index < -0.39 is 10.0 Å². The number of fused-ring (bicyclic) bond motifs is 1. The highest BCUT2D eigenvalue weighted by Crippen LogP contribution is 2.24. The van der Waals surface area contributed by atoms with Crippen LogP contribution < -0.4 is 10.0 Å². The maximum Gasteiger partial charge on any atom is 0.234 e. The summed E-state index contributed by atoms with van der Waals surface area (Å²) in [6.45, 7) is 6.51. The van der Waals surface area contributed by atoms with Crippen LogP contribution in [0.1, 0.15) is 12.5 Å². The van der Waals surface area contributed by atoms with Crippen LogP contribution in [0.4, 0.5) is 5.69 Å². The first-order valence-electron chi connectivity index (χ1n) is 9.47. The molecule has 0 bridgehead atoms. The maximum atomic E-state index is 12.3. The fourth-order valence-electron chi connectivity index (χ4n) is 2.94. The van der Waals surface area contributed by atoms with E-state index in [4.69, 9.17) is 0 Å². The van der Waals surface area contributed by atoms with E-state index in [1.807, 2.05) is 31.2 Å². The Bertz CT molecular complexity index is 1140. The first-order valence-corrected chi connectivity index (χ1v) is 12.1. The number of sulfonamides is 1. The molecule has 0 spiro atoms. The Morgan fingerprint density at radius 1 is 1.20 bits per heavy atom. The van der Waals surface area contributed by atoms with Crippen molar-refractivity contribution in [2.45, 2.75) is 24.4 Å². The average Bonchev–Trinajstić information content (AvgIpc) is 3.09. The van der Waals surface area contributed by atoms with Crippen molar-refractivity contribution >= 4 is 44.4 Å². The Morgan fingerprint density at radius 2 is 1.93 bits per heavy atom. The van der Waals surface area contributed by atoms with Gasteiger partial charge < -0.3 is 9.88 Å². The van der Waals surface area contributed by atoms with Gasteiger partial charge in [0.25, 0.3) is 0 Å². The van der Waals surface area contributed by atoms with Crippen molar-refractivity contribution in [3.8, 4) is 0 Å². The molecule has 0 unspecified atom stereocenters. The molecule has 7 nitrogen and oxygen atoms in total. The van der Waals surface area contributed by atoms with Crippen molar-refractivity contribution in [2.75, 3.05) is 17.6 Å². The molecule has 1 amide bonds. The molecule has 2 N–H and O–H groups in total. The molecular weight excluding hydrogens is 420 g/mol. The lowest BCUT2D eigenvalue weighted by Gasteiger charge is -2.08. The molecule has 30 heavy (non-hydrogen) atoms. The van der Waals surface area contributed by atoms with Crippen molar-refractivity contribution in [3.63, 3.8) is 0 Å². The van der Waals surface area contributed by atoms with Gasteiger partial charge in [0.05, 0.1) is 22.5 Å². The zero-order valence-corrected chi connectivity index (χ0v) is 18.3. The molecule has 9 heteroatoms. The molecule has 0 atom stereocenters. The Labute approximate surface area is 180 Å². The number of thioether (sulfide) groups is 1. The SMILES string of the molecule is C=CCNS(=O)(=O)Cc1ccc(NC(=O)CSc2nc3ccccc3n2CC)cc1. The van der Waals surface area contributed by atoms with Gasteiger partial charge in [0, 0.05) is 18.8 Å². The monoisotopic (exact) mass is 444 g/mol. The van der Waals surface area contributed by atoms with Gasteiger partial charge >= 0.3 is 0 Å². The summed E-state index contributed by atoms with van der Waals surface area (Å²) >= 11 is 1.39. The number of aryl methyl sites for hydroxylation is 1. The molecule has 3 aromatic rings. The minimum absolute atomic E-state index is 0.127. The van der Waals surface area contributed by atoms with E-state index >= 15 is 0 Å². The number of benzene rings is 2. The largest absolute Gasteiger partial charge is 0.325 e. The Morgan fingerprint density at radius 3 is 2.63 bits per heavy atom. The van der Waals surface area contributed by atoms with Crippen molar-refractivity contribution in [3.05, 3.63) is 66.7 Å². The summed E-state index contributed by atoms with van der Waals surface area (Å²) in [5.74, 6) is -0.0500. The molecule has 0 saturated carbocycles. The van der Waals surface area contributed by atoms with Crippen LogP contribution in [-0.2, 0) is 27.1 Å². The second kappa shape index (κ2) is 9.92. The highest BCUT2D eigenvalue weighted by molar-refractivity contribution is 7.99. The molecule has 158 valence electrons. The minimum Gasteiger partial charge on any atom is -0.325 e. The fourth-order valence-corrected chi connectivity index (χ4v) is 4.92. The van der Waals surface area contributed by atoms with E-state index in [-0.39, 0.29) is 24.0 Å². The highest BCUT2D eigenvalue weighted by atomic mass is 32.2. The number of rotatable bonds is 10. The Hall–Kier alpha value is -2.62. The maximum absolute atomic E-state index is 12.3. The number of carbonyl (C=O) groups is 1. The van der Waals surface area contributed by atoms with E-state index in [2.05, 4.69) is 26.2 Å². The molecule has 0 aliphatic rings. The number of para-hydroxylation sites is 2. The molecule has 1 aromatic heterocycles. The van der Waals surface area contributed by atoms with Crippen molar-refractivity contribution in [1.82, 2.24) is 14.3 Å². The molecule has 0 fully saturated rings. The summed E-state index contributed by atoms with van der Waals surface area (Å²) in [5.41, 5.74) is 3.21. The third-order valence-electron chi connectivity index (χ3n) is 4.31. The van der Waals surface area contributed by atoms with E-state index in [0.717, 1.165) is 22.7 Å². The van der Waals surface area contributed by atoms with E-state index in [9.17, 15) is 13.2 Å². The second-order valence-corrected chi connectivity index (χ2v) is 9.31. The number of imidazole rings is 1. The van der Waals surface area contributed by atoms with E-state index in [0.29, 0.717) is 11.3 Å². The van der Waals surface area contributed by atoms with Crippen LogP contribution in [0.25, 0.3) is 11.0 Å². The molecule has 0 radical (unpaired) electrons. The summed E-state index contributed by atoms with van der Waals surface area (Å²) in [6.07, 6.45) is 1.49. The quantitative estimate of drug-likeness (QED) is 0.369. The molecular formula is C21H24N4O3S2. The first kappa shape index (κ1) is 22.1. The second-order valence-electron chi connectivity index (χ2n) is 6.56. The number of nitrogens with zero attached hydrogens (tertiary/aromatic N) is 2. The van der Waals surface area contributed by atoms with Crippen LogP contribution in [0.15, 0.2) is 66.3 Å². The predicted molar refractivity (Wildman–Crippen MR) is 122 cm³/mol. The molecule has 1 heterocycles. The normalized spacial score (nSPS) is 11.5. The van der Waals surface area contributed by atoms with Crippen LogP contribution in [0.5, 0.6) is 0 Å². The number of nitrogens with one attached hydrogen (secondary N) is 2. The van der Waals surface area contributed by atoms with Crippen LogP contribution in [0, 0.1) is 0 Å². The van der Waals surface area contributed by atoms with Crippen LogP contribution in [0.2, 0.25) is 0 Å². The fraction of sp³-hybridized carbons (Fsp3) is 0.238. The van der Waals surface area contributed by atoms with Gasteiger partial charge in [-0.25, -0.2) is 18.1 Å². The van der Waals surface area contributed by atoms with Crippen LogP contribution in [-0.4, -0.2) is 36.2 Å².